The number of hydrogen-bond acceptors (Lipinski definition) is 2. The van der Waals surface area contributed by atoms with E-state index in [4.69, 9.17) is 0 Å². The number of hydrogen-bond donors (Lipinski definition) is 1. The van der Waals surface area contributed by atoms with Crippen LogP contribution in [0.3, 0.4) is 0 Å². The Morgan fingerprint density at radius 1 is 1.56 bits per heavy atom. The first-order valence-electron chi connectivity index (χ1n) is 5.43. The Morgan fingerprint density at radius 3 is 2.62 bits per heavy atom. The van der Waals surface area contributed by atoms with E-state index < -0.39 is 6.04 Å². The van der Waals surface area contributed by atoms with E-state index in [1.807, 2.05) is 20.8 Å². The Balaban J connectivity index is 2.95. The van der Waals surface area contributed by atoms with Crippen LogP contribution in [-0.4, -0.2) is 42.7 Å². The zero-order valence-corrected chi connectivity index (χ0v) is 10.1. The molecule has 16 heavy (non-hydrogen) atoms. The Kier molecular flexibility index (Phi) is 3.67. The summed E-state index contributed by atoms with van der Waals surface area (Å²) in [4.78, 5) is 28.5. The first kappa shape index (κ1) is 12.7. The van der Waals surface area contributed by atoms with Crippen LogP contribution in [0.25, 0.3) is 0 Å². The highest BCUT2D eigenvalue weighted by atomic mass is 16.2. The minimum atomic E-state index is -0.537. The fourth-order valence-corrected chi connectivity index (χ4v) is 1.95. The molecular formula is C11H19N3O2. The lowest BCUT2D eigenvalue weighted by Crippen LogP contribution is -2.57. The van der Waals surface area contributed by atoms with E-state index in [1.165, 1.54) is 0 Å². The summed E-state index contributed by atoms with van der Waals surface area (Å²) in [7, 11) is 0. The molecule has 1 fully saturated rings. The molecule has 90 valence electrons. The zero-order valence-electron chi connectivity index (χ0n) is 10.1. The molecule has 0 radical (unpaired) electrons. The van der Waals surface area contributed by atoms with E-state index in [-0.39, 0.29) is 17.4 Å². The van der Waals surface area contributed by atoms with Crippen LogP contribution in [0.15, 0.2) is 4.99 Å². The van der Waals surface area contributed by atoms with Crippen molar-refractivity contribution in [3.63, 3.8) is 0 Å². The van der Waals surface area contributed by atoms with Gasteiger partial charge in [0.2, 0.25) is 0 Å². The first-order chi connectivity index (χ1) is 7.38. The van der Waals surface area contributed by atoms with Crippen molar-refractivity contribution in [1.29, 1.82) is 0 Å². The second kappa shape index (κ2) is 4.63. The summed E-state index contributed by atoms with van der Waals surface area (Å²) in [5.41, 5.74) is -0.340. The minimum Gasteiger partial charge on any atom is -0.338 e. The number of aliphatic imine (C=N–C) groups is 1. The van der Waals surface area contributed by atoms with Gasteiger partial charge >= 0.3 is 6.03 Å². The summed E-state index contributed by atoms with van der Waals surface area (Å²) in [5, 5.41) is 2.74. The maximum Gasteiger partial charge on any atom is 0.318 e. The van der Waals surface area contributed by atoms with Gasteiger partial charge in [-0.15, -0.1) is 0 Å². The third-order valence-electron chi connectivity index (χ3n) is 2.63. The van der Waals surface area contributed by atoms with Crippen molar-refractivity contribution in [2.24, 2.45) is 10.4 Å². The van der Waals surface area contributed by atoms with E-state index in [0.29, 0.717) is 13.1 Å². The van der Waals surface area contributed by atoms with Gasteiger partial charge in [0.05, 0.1) is 0 Å². The molecule has 1 aliphatic heterocycles. The largest absolute Gasteiger partial charge is 0.338 e. The lowest BCUT2D eigenvalue weighted by molar-refractivity contribution is -0.125. The molecule has 1 atom stereocenters. The molecule has 1 unspecified atom stereocenters. The summed E-state index contributed by atoms with van der Waals surface area (Å²) < 4.78 is 0. The molecule has 0 aromatic carbocycles. The molecule has 1 aliphatic rings. The molecule has 0 bridgehead atoms. The van der Waals surface area contributed by atoms with E-state index in [1.54, 1.807) is 4.90 Å². The van der Waals surface area contributed by atoms with Gasteiger partial charge in [0.25, 0.3) is 5.91 Å². The van der Waals surface area contributed by atoms with Gasteiger partial charge in [0.15, 0.2) is 0 Å². The lowest BCUT2D eigenvalue weighted by Gasteiger charge is -2.39. The van der Waals surface area contributed by atoms with Gasteiger partial charge in [-0.05, 0) is 18.6 Å². The van der Waals surface area contributed by atoms with Gasteiger partial charge in [-0.3, -0.25) is 4.79 Å². The molecule has 0 aromatic heterocycles. The summed E-state index contributed by atoms with van der Waals surface area (Å²) in [6.07, 6.45) is 0.850. The van der Waals surface area contributed by atoms with E-state index in [9.17, 15) is 9.59 Å². The van der Waals surface area contributed by atoms with Crippen molar-refractivity contribution in [2.45, 2.75) is 33.2 Å². The lowest BCUT2D eigenvalue weighted by atomic mass is 9.85. The summed E-state index contributed by atoms with van der Waals surface area (Å²) in [6, 6.07) is -0.728. The molecule has 5 nitrogen and oxygen atoms in total. The Morgan fingerprint density at radius 2 is 2.19 bits per heavy atom. The second-order valence-electron chi connectivity index (χ2n) is 5.04. The van der Waals surface area contributed by atoms with E-state index in [2.05, 4.69) is 17.0 Å². The highest BCUT2D eigenvalue weighted by Gasteiger charge is 2.39. The van der Waals surface area contributed by atoms with Crippen LogP contribution >= 0.6 is 0 Å². The fourth-order valence-electron chi connectivity index (χ4n) is 1.95. The molecule has 1 rings (SSSR count). The smallest absolute Gasteiger partial charge is 0.318 e. The molecule has 1 saturated heterocycles. The number of urea groups is 1. The Labute approximate surface area is 95.9 Å². The predicted molar refractivity (Wildman–Crippen MR) is 62.5 cm³/mol. The number of rotatable bonds is 2. The van der Waals surface area contributed by atoms with Crippen molar-refractivity contribution in [2.75, 3.05) is 13.1 Å². The number of nitrogens with one attached hydrogen (secondary N) is 1. The molecule has 0 aliphatic carbocycles. The Bertz CT molecular complexity index is 307. The highest BCUT2D eigenvalue weighted by Crippen LogP contribution is 2.26. The topological polar surface area (TPSA) is 61.8 Å². The fraction of sp³-hybridized carbons (Fsp3) is 0.727. The summed E-state index contributed by atoms with van der Waals surface area (Å²) in [6.45, 7) is 10.3. The second-order valence-corrected chi connectivity index (χ2v) is 5.04. The zero-order chi connectivity index (χ0) is 12.3. The van der Waals surface area contributed by atoms with Gasteiger partial charge in [-0.2, -0.15) is 0 Å². The van der Waals surface area contributed by atoms with Crippen LogP contribution in [0.4, 0.5) is 4.79 Å². The highest BCUT2D eigenvalue weighted by molar-refractivity contribution is 5.90. The van der Waals surface area contributed by atoms with Crippen LogP contribution in [0.2, 0.25) is 0 Å². The third-order valence-corrected chi connectivity index (χ3v) is 2.63. The molecule has 0 spiro atoms. The van der Waals surface area contributed by atoms with Crippen LogP contribution in [-0.2, 0) is 4.79 Å². The average Bonchev–Trinajstić information content (AvgIpc) is 2.19. The van der Waals surface area contributed by atoms with E-state index >= 15 is 0 Å². The summed E-state index contributed by atoms with van der Waals surface area (Å²) >= 11 is 0. The van der Waals surface area contributed by atoms with Crippen molar-refractivity contribution < 1.29 is 9.59 Å². The monoisotopic (exact) mass is 225 g/mol. The molecule has 0 saturated carbocycles. The van der Waals surface area contributed by atoms with Gasteiger partial charge in [0.1, 0.15) is 6.04 Å². The predicted octanol–water partition coefficient (Wildman–Crippen LogP) is 1.04. The maximum atomic E-state index is 11.8. The number of amides is 3. The van der Waals surface area contributed by atoms with Crippen molar-refractivity contribution >= 4 is 18.7 Å². The normalized spacial score (nSPS) is 18.9. The maximum absolute atomic E-state index is 11.8. The summed E-state index contributed by atoms with van der Waals surface area (Å²) in [5.74, 6) is -0.343. The van der Waals surface area contributed by atoms with Gasteiger partial charge in [-0.25, -0.2) is 9.79 Å². The van der Waals surface area contributed by atoms with Crippen LogP contribution in [0.1, 0.15) is 27.2 Å². The number of nitrogens with zero attached hydrogens (tertiary/aromatic N) is 2. The van der Waals surface area contributed by atoms with Gasteiger partial charge < -0.3 is 10.2 Å². The molecule has 0 aromatic rings. The van der Waals surface area contributed by atoms with Crippen LogP contribution in [0.5, 0.6) is 0 Å². The number of carbonyl (C=O) groups excluding carboxylic acids is 2. The third kappa shape index (κ3) is 2.59. The minimum absolute atomic E-state index is 0.192. The van der Waals surface area contributed by atoms with E-state index in [0.717, 1.165) is 6.42 Å². The molecule has 1 N–H and O–H groups in total. The van der Waals surface area contributed by atoms with Crippen LogP contribution < -0.4 is 5.32 Å². The van der Waals surface area contributed by atoms with Crippen molar-refractivity contribution in [3.05, 3.63) is 0 Å². The van der Waals surface area contributed by atoms with Gasteiger partial charge in [0, 0.05) is 13.1 Å². The molecular weight excluding hydrogens is 206 g/mol. The quantitative estimate of drug-likeness (QED) is 0.714. The molecule has 3 amide bonds. The number of carbonyl (C=O) groups is 2. The first-order valence-corrected chi connectivity index (χ1v) is 5.43. The molecule has 1 heterocycles. The Hall–Kier alpha value is -1.39. The van der Waals surface area contributed by atoms with Crippen molar-refractivity contribution in [1.82, 2.24) is 10.2 Å². The standard InChI is InChI=1S/C11H19N3O2/c1-11(2,3)8(9(15)12-4)14-7-5-6-13-10(14)16/h8H,4-7H2,1-3H3,(H,13,16). The average molecular weight is 225 g/mol. The SMILES string of the molecule is C=NC(=O)C(N1CCCNC1=O)C(C)(C)C. The molecule has 5 heteroatoms. The van der Waals surface area contributed by atoms with Crippen molar-refractivity contribution in [3.8, 4) is 0 Å². The van der Waals surface area contributed by atoms with Gasteiger partial charge in [-0.1, -0.05) is 20.8 Å². The van der Waals surface area contributed by atoms with Crippen LogP contribution in [0, 0.1) is 5.41 Å².